The van der Waals surface area contributed by atoms with Crippen LogP contribution in [0.5, 0.6) is 11.5 Å². The van der Waals surface area contributed by atoms with Gasteiger partial charge in [-0.25, -0.2) is 0 Å². The minimum absolute atomic E-state index is 0.425. The Bertz CT molecular complexity index is 410. The Morgan fingerprint density at radius 2 is 2.06 bits per heavy atom. The summed E-state index contributed by atoms with van der Waals surface area (Å²) >= 11 is 0. The minimum Gasteiger partial charge on any atom is -0.497 e. The normalized spacial score (nSPS) is 10.2. The highest BCUT2D eigenvalue weighted by atomic mass is 16.5. The molecule has 4 nitrogen and oxygen atoms in total. The average molecular weight is 249 g/mol. The summed E-state index contributed by atoms with van der Waals surface area (Å²) in [5.41, 5.74) is 0.500. The SMILES string of the molecule is COc1ccc(C#N)c(OCCOCC(C)C)c1. The summed E-state index contributed by atoms with van der Waals surface area (Å²) in [6.07, 6.45) is 0. The van der Waals surface area contributed by atoms with E-state index in [1.807, 2.05) is 0 Å². The van der Waals surface area contributed by atoms with Crippen LogP contribution in [-0.4, -0.2) is 26.9 Å². The first-order chi connectivity index (χ1) is 8.67. The van der Waals surface area contributed by atoms with Crippen LogP contribution < -0.4 is 9.47 Å². The maximum absolute atomic E-state index is 8.96. The molecule has 0 radical (unpaired) electrons. The minimum atomic E-state index is 0.425. The van der Waals surface area contributed by atoms with Gasteiger partial charge in [-0.05, 0) is 18.1 Å². The van der Waals surface area contributed by atoms with Crippen molar-refractivity contribution in [2.75, 3.05) is 26.9 Å². The highest BCUT2D eigenvalue weighted by molar-refractivity contribution is 5.47. The van der Waals surface area contributed by atoms with Crippen LogP contribution >= 0.6 is 0 Å². The van der Waals surface area contributed by atoms with Crippen LogP contribution in [0.3, 0.4) is 0 Å². The average Bonchev–Trinajstić information content (AvgIpc) is 2.37. The predicted octanol–water partition coefficient (Wildman–Crippen LogP) is 2.62. The molecular formula is C14H19NO3. The van der Waals surface area contributed by atoms with Crippen LogP contribution in [0.1, 0.15) is 19.4 Å². The predicted molar refractivity (Wildman–Crippen MR) is 68.9 cm³/mol. The molecule has 0 fully saturated rings. The molecule has 0 spiro atoms. The van der Waals surface area contributed by atoms with Gasteiger partial charge in [-0.2, -0.15) is 5.26 Å². The van der Waals surface area contributed by atoms with Gasteiger partial charge in [0.2, 0.25) is 0 Å². The first-order valence-electron chi connectivity index (χ1n) is 5.96. The van der Waals surface area contributed by atoms with Crippen molar-refractivity contribution in [3.05, 3.63) is 23.8 Å². The summed E-state index contributed by atoms with van der Waals surface area (Å²) in [5.74, 6) is 1.72. The van der Waals surface area contributed by atoms with E-state index in [9.17, 15) is 0 Å². The molecule has 4 heteroatoms. The smallest absolute Gasteiger partial charge is 0.140 e. The summed E-state index contributed by atoms with van der Waals surface area (Å²) < 4.78 is 16.0. The van der Waals surface area contributed by atoms with Crippen molar-refractivity contribution in [2.24, 2.45) is 5.92 Å². The van der Waals surface area contributed by atoms with E-state index in [1.54, 1.807) is 25.3 Å². The van der Waals surface area contributed by atoms with Crippen molar-refractivity contribution in [2.45, 2.75) is 13.8 Å². The van der Waals surface area contributed by atoms with E-state index in [1.165, 1.54) is 0 Å². The van der Waals surface area contributed by atoms with Crippen LogP contribution in [0.25, 0.3) is 0 Å². The van der Waals surface area contributed by atoms with Gasteiger partial charge in [0, 0.05) is 12.7 Å². The van der Waals surface area contributed by atoms with Crippen LogP contribution in [0, 0.1) is 17.2 Å². The Hall–Kier alpha value is -1.73. The topological polar surface area (TPSA) is 51.5 Å². The fourth-order valence-electron chi connectivity index (χ4n) is 1.37. The second-order valence-corrected chi connectivity index (χ2v) is 4.29. The lowest BCUT2D eigenvalue weighted by Gasteiger charge is -2.10. The molecule has 0 aliphatic rings. The van der Waals surface area contributed by atoms with E-state index in [0.29, 0.717) is 42.8 Å². The van der Waals surface area contributed by atoms with Crippen molar-refractivity contribution in [3.8, 4) is 17.6 Å². The van der Waals surface area contributed by atoms with Crippen molar-refractivity contribution >= 4 is 0 Å². The summed E-state index contributed by atoms with van der Waals surface area (Å²) in [6, 6.07) is 7.21. The van der Waals surface area contributed by atoms with Crippen LogP contribution in [-0.2, 0) is 4.74 Å². The number of methoxy groups -OCH3 is 1. The standard InChI is InChI=1S/C14H19NO3/c1-11(2)10-17-6-7-18-14-8-13(16-3)5-4-12(14)9-15/h4-5,8,11H,6-7,10H2,1-3H3. The van der Waals surface area contributed by atoms with Crippen molar-refractivity contribution in [1.29, 1.82) is 5.26 Å². The molecule has 18 heavy (non-hydrogen) atoms. The largest absolute Gasteiger partial charge is 0.497 e. The van der Waals surface area contributed by atoms with Crippen molar-refractivity contribution < 1.29 is 14.2 Å². The highest BCUT2D eigenvalue weighted by Gasteiger charge is 2.05. The lowest BCUT2D eigenvalue weighted by molar-refractivity contribution is 0.0817. The van der Waals surface area contributed by atoms with E-state index >= 15 is 0 Å². The summed E-state index contributed by atoms with van der Waals surface area (Å²) in [6.45, 7) is 5.84. The maximum atomic E-state index is 8.96. The van der Waals surface area contributed by atoms with Gasteiger partial charge in [-0.1, -0.05) is 13.8 Å². The van der Waals surface area contributed by atoms with Gasteiger partial charge < -0.3 is 14.2 Å². The van der Waals surface area contributed by atoms with Crippen molar-refractivity contribution in [3.63, 3.8) is 0 Å². The number of hydrogen-bond donors (Lipinski definition) is 0. The van der Waals surface area contributed by atoms with E-state index in [4.69, 9.17) is 19.5 Å². The van der Waals surface area contributed by atoms with E-state index in [2.05, 4.69) is 19.9 Å². The number of nitrogens with zero attached hydrogens (tertiary/aromatic N) is 1. The lowest BCUT2D eigenvalue weighted by Crippen LogP contribution is -2.10. The molecule has 0 N–H and O–H groups in total. The molecular weight excluding hydrogens is 230 g/mol. The number of ether oxygens (including phenoxy) is 3. The van der Waals surface area contributed by atoms with Gasteiger partial charge in [0.15, 0.2) is 0 Å². The summed E-state index contributed by atoms with van der Waals surface area (Å²) in [5, 5.41) is 8.96. The number of benzene rings is 1. The van der Waals surface area contributed by atoms with E-state index in [-0.39, 0.29) is 0 Å². The molecule has 0 amide bonds. The molecule has 0 saturated carbocycles. The fourth-order valence-corrected chi connectivity index (χ4v) is 1.37. The fraction of sp³-hybridized carbons (Fsp3) is 0.500. The van der Waals surface area contributed by atoms with Crippen molar-refractivity contribution in [1.82, 2.24) is 0 Å². The maximum Gasteiger partial charge on any atom is 0.140 e. The van der Waals surface area contributed by atoms with Crippen LogP contribution in [0.15, 0.2) is 18.2 Å². The Labute approximate surface area is 108 Å². The van der Waals surface area contributed by atoms with Gasteiger partial charge in [0.1, 0.15) is 24.2 Å². The summed E-state index contributed by atoms with van der Waals surface area (Å²) in [4.78, 5) is 0. The molecule has 0 heterocycles. The number of rotatable bonds is 7. The van der Waals surface area contributed by atoms with E-state index in [0.717, 1.165) is 0 Å². The molecule has 0 unspecified atom stereocenters. The Morgan fingerprint density at radius 3 is 2.67 bits per heavy atom. The molecule has 0 atom stereocenters. The molecule has 1 aromatic rings. The molecule has 0 aliphatic carbocycles. The third-order valence-electron chi connectivity index (χ3n) is 2.25. The van der Waals surface area contributed by atoms with Gasteiger partial charge in [0.05, 0.1) is 19.3 Å². The molecule has 0 aliphatic heterocycles. The molecule has 0 aromatic heterocycles. The van der Waals surface area contributed by atoms with Gasteiger partial charge in [0.25, 0.3) is 0 Å². The second-order valence-electron chi connectivity index (χ2n) is 4.29. The number of nitriles is 1. The van der Waals surface area contributed by atoms with Gasteiger partial charge >= 0.3 is 0 Å². The Kier molecular flexibility index (Phi) is 6.03. The zero-order valence-electron chi connectivity index (χ0n) is 11.1. The summed E-state index contributed by atoms with van der Waals surface area (Å²) in [7, 11) is 1.58. The quantitative estimate of drug-likeness (QED) is 0.697. The monoisotopic (exact) mass is 249 g/mol. The van der Waals surface area contributed by atoms with Gasteiger partial charge in [-0.3, -0.25) is 0 Å². The molecule has 0 saturated heterocycles. The third-order valence-corrected chi connectivity index (χ3v) is 2.25. The molecule has 0 bridgehead atoms. The Balaban J connectivity index is 2.48. The first kappa shape index (κ1) is 14.3. The second kappa shape index (κ2) is 7.57. The molecule has 1 rings (SSSR count). The van der Waals surface area contributed by atoms with Crippen LogP contribution in [0.2, 0.25) is 0 Å². The zero-order valence-corrected chi connectivity index (χ0v) is 11.1. The highest BCUT2D eigenvalue weighted by Crippen LogP contribution is 2.23. The van der Waals surface area contributed by atoms with Crippen LogP contribution in [0.4, 0.5) is 0 Å². The number of hydrogen-bond acceptors (Lipinski definition) is 4. The Morgan fingerprint density at radius 1 is 1.28 bits per heavy atom. The lowest BCUT2D eigenvalue weighted by atomic mass is 10.2. The van der Waals surface area contributed by atoms with E-state index < -0.39 is 0 Å². The molecule has 1 aromatic carbocycles. The van der Waals surface area contributed by atoms with Gasteiger partial charge in [-0.15, -0.1) is 0 Å². The zero-order chi connectivity index (χ0) is 13.4. The first-order valence-corrected chi connectivity index (χ1v) is 5.96. The molecule has 98 valence electrons. The third kappa shape index (κ3) is 4.64.